The molecule has 0 aromatic carbocycles. The summed E-state index contributed by atoms with van der Waals surface area (Å²) in [6, 6.07) is 0. The van der Waals surface area contributed by atoms with Gasteiger partial charge in [-0.15, -0.1) is 0 Å². The molecule has 434 valence electrons. The average Bonchev–Trinajstić information content (AvgIpc) is 3.38. The van der Waals surface area contributed by atoms with Crippen LogP contribution in [0.15, 0.2) is 0 Å². The summed E-state index contributed by atoms with van der Waals surface area (Å²) >= 11 is 0. The predicted octanol–water partition coefficient (Wildman–Crippen LogP) is 22.4. The molecule has 73 heavy (non-hydrogen) atoms. The third-order valence-corrected chi connectivity index (χ3v) is 15.8. The highest BCUT2D eigenvalue weighted by Gasteiger charge is 2.19. The van der Waals surface area contributed by atoms with Crippen molar-refractivity contribution >= 4 is 17.9 Å². The summed E-state index contributed by atoms with van der Waals surface area (Å²) in [5, 5.41) is 0. The Morgan fingerprint density at radius 1 is 0.288 bits per heavy atom. The first-order valence-corrected chi connectivity index (χ1v) is 33.3. The van der Waals surface area contributed by atoms with Gasteiger partial charge in [0.25, 0.3) is 0 Å². The molecule has 1 unspecified atom stereocenters. The lowest BCUT2D eigenvalue weighted by Gasteiger charge is -2.18. The fourth-order valence-corrected chi connectivity index (χ4v) is 10.4. The number of rotatable bonds is 61. The van der Waals surface area contributed by atoms with Crippen LogP contribution in [-0.2, 0) is 28.6 Å². The van der Waals surface area contributed by atoms with E-state index in [2.05, 4.69) is 34.6 Å². The molecule has 0 radical (unpaired) electrons. The van der Waals surface area contributed by atoms with Gasteiger partial charge in [0.1, 0.15) is 13.2 Å². The third-order valence-electron chi connectivity index (χ3n) is 15.8. The third kappa shape index (κ3) is 59.5. The Balaban J connectivity index is 4.25. The highest BCUT2D eigenvalue weighted by molar-refractivity contribution is 5.71. The average molecular weight is 1030 g/mol. The van der Waals surface area contributed by atoms with Crippen LogP contribution in [-0.4, -0.2) is 37.2 Å². The molecule has 6 heteroatoms. The number of hydrogen-bond acceptors (Lipinski definition) is 6. The summed E-state index contributed by atoms with van der Waals surface area (Å²) < 4.78 is 17.0. The van der Waals surface area contributed by atoms with E-state index >= 15 is 0 Å². The summed E-state index contributed by atoms with van der Waals surface area (Å²) in [5.41, 5.74) is 0. The second-order valence-corrected chi connectivity index (χ2v) is 23.8. The van der Waals surface area contributed by atoms with Crippen LogP contribution in [0.3, 0.4) is 0 Å². The second kappa shape index (κ2) is 59.7. The quantitative estimate of drug-likeness (QED) is 0.0343. The van der Waals surface area contributed by atoms with Gasteiger partial charge in [-0.25, -0.2) is 0 Å². The SMILES string of the molecule is CCCCCCCCCCCCCCCCCCCCCC(=O)O[C@H](COC(=O)CCCCCCCCCCCCCCCCCCCCC(C)CC)COC(=O)CCCCCCCCCCCCCC(C)C. The Hall–Kier alpha value is -1.59. The Morgan fingerprint density at radius 2 is 0.521 bits per heavy atom. The molecule has 0 bridgehead atoms. The van der Waals surface area contributed by atoms with Crippen molar-refractivity contribution in [3.8, 4) is 0 Å². The molecular weight excluding hydrogens is 901 g/mol. The molecule has 0 aromatic rings. The monoisotopic (exact) mass is 1030 g/mol. The van der Waals surface area contributed by atoms with Gasteiger partial charge in [0.15, 0.2) is 6.10 Å². The molecule has 0 aliphatic carbocycles. The van der Waals surface area contributed by atoms with Crippen LogP contribution >= 0.6 is 0 Å². The molecule has 0 N–H and O–H groups in total. The van der Waals surface area contributed by atoms with E-state index in [1.165, 1.54) is 270 Å². The summed E-state index contributed by atoms with van der Waals surface area (Å²) in [6.45, 7) is 11.5. The molecule has 0 spiro atoms. The molecular formula is C67H130O6. The van der Waals surface area contributed by atoms with E-state index in [9.17, 15) is 14.4 Å². The molecule has 0 aromatic heterocycles. The van der Waals surface area contributed by atoms with E-state index in [-0.39, 0.29) is 31.1 Å². The van der Waals surface area contributed by atoms with Crippen LogP contribution in [0.4, 0.5) is 0 Å². The summed E-state index contributed by atoms with van der Waals surface area (Å²) in [7, 11) is 0. The molecule has 0 aliphatic rings. The van der Waals surface area contributed by atoms with Crippen LogP contribution in [0.1, 0.15) is 381 Å². The zero-order chi connectivity index (χ0) is 53.2. The Kier molecular flexibility index (Phi) is 58.4. The predicted molar refractivity (Wildman–Crippen MR) is 316 cm³/mol. The minimum absolute atomic E-state index is 0.0618. The summed E-state index contributed by atoms with van der Waals surface area (Å²) in [6.07, 6.45) is 66.8. The standard InChI is InChI=1S/C67H130O6/c1-6-8-9-10-11-12-13-14-15-16-17-22-25-28-33-39-44-49-54-59-67(70)73-64(61-72-66(69)58-53-48-43-38-34-29-30-35-40-45-50-55-62(3)4)60-71-65(68)57-52-47-42-37-32-27-24-21-19-18-20-23-26-31-36-41-46-51-56-63(5)7-2/h62-64H,6-61H2,1-5H3/t63?,64-/m1/s1. The first kappa shape index (κ1) is 71.4. The van der Waals surface area contributed by atoms with Crippen molar-refractivity contribution in [1.82, 2.24) is 0 Å². The van der Waals surface area contributed by atoms with Crippen molar-refractivity contribution in [3.05, 3.63) is 0 Å². The van der Waals surface area contributed by atoms with Crippen molar-refractivity contribution in [2.75, 3.05) is 13.2 Å². The van der Waals surface area contributed by atoms with Gasteiger partial charge in [0.05, 0.1) is 0 Å². The number of ether oxygens (including phenoxy) is 3. The van der Waals surface area contributed by atoms with Gasteiger partial charge in [0, 0.05) is 19.3 Å². The van der Waals surface area contributed by atoms with Gasteiger partial charge in [-0.05, 0) is 31.1 Å². The number of carbonyl (C=O) groups excluding carboxylic acids is 3. The van der Waals surface area contributed by atoms with Crippen LogP contribution in [0.25, 0.3) is 0 Å². The summed E-state index contributed by atoms with van der Waals surface area (Å²) in [4.78, 5) is 38.3. The van der Waals surface area contributed by atoms with Crippen molar-refractivity contribution in [2.45, 2.75) is 387 Å². The highest BCUT2D eigenvalue weighted by atomic mass is 16.6. The minimum Gasteiger partial charge on any atom is -0.462 e. The zero-order valence-electron chi connectivity index (χ0n) is 50.3. The minimum atomic E-state index is -0.764. The number of unbranched alkanes of at least 4 members (excludes halogenated alkanes) is 45. The van der Waals surface area contributed by atoms with Crippen LogP contribution in [0, 0.1) is 11.8 Å². The molecule has 2 atom stereocenters. The fourth-order valence-electron chi connectivity index (χ4n) is 10.4. The fraction of sp³-hybridized carbons (Fsp3) is 0.955. The van der Waals surface area contributed by atoms with E-state index in [0.29, 0.717) is 19.3 Å². The molecule has 0 heterocycles. The van der Waals surface area contributed by atoms with Crippen LogP contribution < -0.4 is 0 Å². The van der Waals surface area contributed by atoms with Gasteiger partial charge < -0.3 is 14.2 Å². The maximum absolute atomic E-state index is 12.9. The normalized spacial score (nSPS) is 12.4. The lowest BCUT2D eigenvalue weighted by atomic mass is 9.99. The molecule has 6 nitrogen and oxygen atoms in total. The largest absolute Gasteiger partial charge is 0.462 e. The van der Waals surface area contributed by atoms with Gasteiger partial charge >= 0.3 is 17.9 Å². The van der Waals surface area contributed by atoms with Gasteiger partial charge in [-0.2, -0.15) is 0 Å². The first-order chi connectivity index (χ1) is 35.8. The van der Waals surface area contributed by atoms with Crippen LogP contribution in [0.5, 0.6) is 0 Å². The smallest absolute Gasteiger partial charge is 0.306 e. The topological polar surface area (TPSA) is 78.9 Å². The van der Waals surface area contributed by atoms with Crippen molar-refractivity contribution in [3.63, 3.8) is 0 Å². The molecule has 0 amide bonds. The van der Waals surface area contributed by atoms with E-state index in [1.807, 2.05) is 0 Å². The number of carbonyl (C=O) groups is 3. The molecule has 0 saturated heterocycles. The zero-order valence-corrected chi connectivity index (χ0v) is 50.3. The Labute approximate surface area is 457 Å². The van der Waals surface area contributed by atoms with E-state index in [1.54, 1.807) is 0 Å². The van der Waals surface area contributed by atoms with Gasteiger partial charge in [0.2, 0.25) is 0 Å². The van der Waals surface area contributed by atoms with E-state index in [4.69, 9.17) is 14.2 Å². The summed E-state index contributed by atoms with van der Waals surface area (Å²) in [5.74, 6) is 0.907. The molecule has 0 fully saturated rings. The molecule has 0 aliphatic heterocycles. The van der Waals surface area contributed by atoms with Gasteiger partial charge in [-0.1, -0.05) is 343 Å². The number of esters is 3. The highest BCUT2D eigenvalue weighted by Crippen LogP contribution is 2.20. The second-order valence-electron chi connectivity index (χ2n) is 23.8. The Bertz CT molecular complexity index is 1120. The van der Waals surface area contributed by atoms with Crippen molar-refractivity contribution < 1.29 is 28.6 Å². The van der Waals surface area contributed by atoms with Crippen molar-refractivity contribution in [2.24, 2.45) is 11.8 Å². The van der Waals surface area contributed by atoms with Crippen molar-refractivity contribution in [1.29, 1.82) is 0 Å². The number of hydrogen-bond donors (Lipinski definition) is 0. The maximum Gasteiger partial charge on any atom is 0.306 e. The first-order valence-electron chi connectivity index (χ1n) is 33.3. The maximum atomic E-state index is 12.9. The van der Waals surface area contributed by atoms with Crippen LogP contribution in [0.2, 0.25) is 0 Å². The van der Waals surface area contributed by atoms with Gasteiger partial charge in [-0.3, -0.25) is 14.4 Å². The Morgan fingerprint density at radius 3 is 0.781 bits per heavy atom. The lowest BCUT2D eigenvalue weighted by molar-refractivity contribution is -0.167. The van der Waals surface area contributed by atoms with E-state index < -0.39 is 6.10 Å². The lowest BCUT2D eigenvalue weighted by Crippen LogP contribution is -2.30. The molecule has 0 saturated carbocycles. The van der Waals surface area contributed by atoms with E-state index in [0.717, 1.165) is 69.6 Å². The molecule has 0 rings (SSSR count).